The van der Waals surface area contributed by atoms with Gasteiger partial charge in [-0.25, -0.2) is 8.42 Å². The molecule has 0 saturated carbocycles. The number of carbonyl (C=O) groups is 2. The van der Waals surface area contributed by atoms with Crippen LogP contribution in [0.2, 0.25) is 10.0 Å². The Bertz CT molecular complexity index is 1200. The summed E-state index contributed by atoms with van der Waals surface area (Å²) in [6, 6.07) is 10.5. The summed E-state index contributed by atoms with van der Waals surface area (Å²) >= 11 is 12.2. The van der Waals surface area contributed by atoms with Crippen molar-refractivity contribution < 1.29 is 22.7 Å². The first-order chi connectivity index (χ1) is 16.7. The number of sulfonamides is 1. The number of rotatable bonds is 10. The minimum absolute atomic E-state index is 0.0293. The number of anilines is 1. The van der Waals surface area contributed by atoms with Gasteiger partial charge in [0.05, 0.1) is 29.1 Å². The predicted octanol–water partition coefficient (Wildman–Crippen LogP) is 4.49. The standard InChI is InChI=1S/C25H33Cl2N3O5S/c1-7-22(24(32)28-25(2,3)4)29(15-17-11-12-20(26)21(27)13-17)23(31)16-30(36(6,33)34)18-9-8-10-19(14-18)35-5/h8-14,22H,7,15-16H2,1-6H3,(H,28,32)/t22-/m0/s1. The number of halogens is 2. The summed E-state index contributed by atoms with van der Waals surface area (Å²) in [4.78, 5) is 28.3. The van der Waals surface area contributed by atoms with Crippen molar-refractivity contribution in [2.45, 2.75) is 52.2 Å². The molecule has 0 heterocycles. The number of methoxy groups -OCH3 is 1. The Labute approximate surface area is 223 Å². The quantitative estimate of drug-likeness (QED) is 0.464. The lowest BCUT2D eigenvalue weighted by molar-refractivity contribution is -0.141. The first-order valence-corrected chi connectivity index (χ1v) is 13.9. The van der Waals surface area contributed by atoms with Crippen LogP contribution in [0.1, 0.15) is 39.7 Å². The highest BCUT2D eigenvalue weighted by Gasteiger charge is 2.33. The van der Waals surface area contributed by atoms with Crippen LogP contribution < -0.4 is 14.4 Å². The fraction of sp³-hybridized carbons (Fsp3) is 0.440. The highest BCUT2D eigenvalue weighted by atomic mass is 35.5. The van der Waals surface area contributed by atoms with E-state index < -0.39 is 34.1 Å². The van der Waals surface area contributed by atoms with Gasteiger partial charge in [0.15, 0.2) is 0 Å². The molecule has 1 N–H and O–H groups in total. The predicted molar refractivity (Wildman–Crippen MR) is 144 cm³/mol. The Balaban J connectivity index is 2.49. The third kappa shape index (κ3) is 8.28. The van der Waals surface area contributed by atoms with E-state index in [-0.39, 0.29) is 18.1 Å². The molecule has 0 aliphatic heterocycles. The Kier molecular flexibility index (Phi) is 10.0. The molecule has 36 heavy (non-hydrogen) atoms. The molecule has 0 spiro atoms. The van der Waals surface area contributed by atoms with Crippen molar-refractivity contribution in [3.63, 3.8) is 0 Å². The largest absolute Gasteiger partial charge is 0.497 e. The van der Waals surface area contributed by atoms with E-state index in [9.17, 15) is 18.0 Å². The minimum atomic E-state index is -3.85. The van der Waals surface area contributed by atoms with E-state index in [4.69, 9.17) is 27.9 Å². The number of nitrogens with one attached hydrogen (secondary N) is 1. The SMILES string of the molecule is CC[C@@H](C(=O)NC(C)(C)C)N(Cc1ccc(Cl)c(Cl)c1)C(=O)CN(c1cccc(OC)c1)S(C)(=O)=O. The number of benzene rings is 2. The first kappa shape index (κ1) is 29.7. The normalized spacial score (nSPS) is 12.6. The molecule has 2 amide bonds. The van der Waals surface area contributed by atoms with E-state index in [0.29, 0.717) is 27.8 Å². The Morgan fingerprint density at radius 2 is 1.75 bits per heavy atom. The van der Waals surface area contributed by atoms with E-state index >= 15 is 0 Å². The summed E-state index contributed by atoms with van der Waals surface area (Å²) in [6.45, 7) is 6.84. The molecular formula is C25H33Cl2N3O5S. The second kappa shape index (κ2) is 12.2. The highest BCUT2D eigenvalue weighted by Crippen LogP contribution is 2.26. The van der Waals surface area contributed by atoms with E-state index in [1.54, 1.807) is 43.3 Å². The number of hydrogen-bond acceptors (Lipinski definition) is 5. The molecule has 2 aromatic carbocycles. The first-order valence-electron chi connectivity index (χ1n) is 11.3. The lowest BCUT2D eigenvalue weighted by Crippen LogP contribution is -2.55. The lowest BCUT2D eigenvalue weighted by atomic mass is 10.1. The van der Waals surface area contributed by atoms with Gasteiger partial charge >= 0.3 is 0 Å². The summed E-state index contributed by atoms with van der Waals surface area (Å²) < 4.78 is 31.6. The van der Waals surface area contributed by atoms with Gasteiger partial charge in [-0.2, -0.15) is 0 Å². The summed E-state index contributed by atoms with van der Waals surface area (Å²) in [5.74, 6) is -0.451. The topological polar surface area (TPSA) is 96.0 Å². The smallest absolute Gasteiger partial charge is 0.244 e. The molecular weight excluding hydrogens is 525 g/mol. The maximum atomic E-state index is 13.7. The molecule has 2 aromatic rings. The van der Waals surface area contributed by atoms with Crippen LogP contribution in [0, 0.1) is 0 Å². The molecule has 0 aliphatic rings. The third-order valence-electron chi connectivity index (χ3n) is 5.24. The monoisotopic (exact) mass is 557 g/mol. The molecule has 1 atom stereocenters. The Morgan fingerprint density at radius 3 is 2.28 bits per heavy atom. The number of hydrogen-bond donors (Lipinski definition) is 1. The van der Waals surface area contributed by atoms with Gasteiger partial charge in [0, 0.05) is 18.2 Å². The van der Waals surface area contributed by atoms with Gasteiger partial charge < -0.3 is 15.0 Å². The van der Waals surface area contributed by atoms with E-state index in [0.717, 1.165) is 10.6 Å². The van der Waals surface area contributed by atoms with Crippen LogP contribution >= 0.6 is 23.2 Å². The molecule has 0 unspecified atom stereocenters. The van der Waals surface area contributed by atoms with E-state index in [1.165, 1.54) is 18.1 Å². The molecule has 0 aliphatic carbocycles. The van der Waals surface area contributed by atoms with Crippen molar-refractivity contribution >= 4 is 50.7 Å². The van der Waals surface area contributed by atoms with E-state index in [2.05, 4.69) is 5.32 Å². The zero-order valence-electron chi connectivity index (χ0n) is 21.3. The van der Waals surface area contributed by atoms with Crippen LogP contribution in [0.15, 0.2) is 42.5 Å². The molecule has 2 rings (SSSR count). The van der Waals surface area contributed by atoms with Gasteiger partial charge in [-0.15, -0.1) is 0 Å². The second-order valence-corrected chi connectivity index (χ2v) is 12.1. The average Bonchev–Trinajstić information content (AvgIpc) is 2.77. The fourth-order valence-corrected chi connectivity index (χ4v) is 4.75. The van der Waals surface area contributed by atoms with Crippen LogP contribution in [-0.4, -0.2) is 56.6 Å². The zero-order valence-corrected chi connectivity index (χ0v) is 23.7. The lowest BCUT2D eigenvalue weighted by Gasteiger charge is -2.34. The molecule has 0 aromatic heterocycles. The van der Waals surface area contributed by atoms with Crippen molar-refractivity contribution in [1.82, 2.24) is 10.2 Å². The number of carbonyl (C=O) groups excluding carboxylic acids is 2. The summed E-state index contributed by atoms with van der Waals surface area (Å²) in [5, 5.41) is 3.58. The molecule has 8 nitrogen and oxygen atoms in total. The highest BCUT2D eigenvalue weighted by molar-refractivity contribution is 7.92. The van der Waals surface area contributed by atoms with Crippen molar-refractivity contribution in [3.8, 4) is 5.75 Å². The summed E-state index contributed by atoms with van der Waals surface area (Å²) in [7, 11) is -2.38. The average molecular weight is 559 g/mol. The molecule has 0 bridgehead atoms. The minimum Gasteiger partial charge on any atom is -0.497 e. The van der Waals surface area contributed by atoms with Crippen LogP contribution in [-0.2, 0) is 26.2 Å². The second-order valence-electron chi connectivity index (χ2n) is 9.40. The van der Waals surface area contributed by atoms with Crippen LogP contribution in [0.25, 0.3) is 0 Å². The molecule has 0 saturated heterocycles. The maximum absolute atomic E-state index is 13.7. The van der Waals surface area contributed by atoms with Gasteiger partial charge in [0.25, 0.3) is 0 Å². The molecule has 0 fully saturated rings. The number of amides is 2. The van der Waals surface area contributed by atoms with Crippen molar-refractivity contribution in [2.75, 3.05) is 24.2 Å². The Hall–Kier alpha value is -2.49. The van der Waals surface area contributed by atoms with Crippen molar-refractivity contribution in [2.24, 2.45) is 0 Å². The van der Waals surface area contributed by atoms with Gasteiger partial charge in [-0.3, -0.25) is 13.9 Å². The zero-order chi connectivity index (χ0) is 27.3. The molecule has 0 radical (unpaired) electrons. The van der Waals surface area contributed by atoms with E-state index in [1.807, 2.05) is 20.8 Å². The maximum Gasteiger partial charge on any atom is 0.244 e. The van der Waals surface area contributed by atoms with Gasteiger partial charge in [0.1, 0.15) is 18.3 Å². The van der Waals surface area contributed by atoms with Gasteiger partial charge in [-0.1, -0.05) is 42.3 Å². The molecule has 198 valence electrons. The fourth-order valence-electron chi connectivity index (χ4n) is 3.59. The van der Waals surface area contributed by atoms with Crippen LogP contribution in [0.3, 0.4) is 0 Å². The van der Waals surface area contributed by atoms with Gasteiger partial charge in [0.2, 0.25) is 21.8 Å². The third-order valence-corrected chi connectivity index (χ3v) is 7.12. The van der Waals surface area contributed by atoms with Gasteiger partial charge in [-0.05, 0) is 57.0 Å². The number of nitrogens with zero attached hydrogens (tertiary/aromatic N) is 2. The number of ether oxygens (including phenoxy) is 1. The summed E-state index contributed by atoms with van der Waals surface area (Å²) in [5.41, 5.74) is 0.390. The van der Waals surface area contributed by atoms with Crippen molar-refractivity contribution in [3.05, 3.63) is 58.1 Å². The summed E-state index contributed by atoms with van der Waals surface area (Å²) in [6.07, 6.45) is 1.33. The van der Waals surface area contributed by atoms with Crippen LogP contribution in [0.4, 0.5) is 5.69 Å². The van der Waals surface area contributed by atoms with Crippen LogP contribution in [0.5, 0.6) is 5.75 Å². The molecule has 11 heteroatoms. The Morgan fingerprint density at radius 1 is 1.08 bits per heavy atom. The van der Waals surface area contributed by atoms with Crippen molar-refractivity contribution in [1.29, 1.82) is 0 Å².